The lowest BCUT2D eigenvalue weighted by molar-refractivity contribution is 0.575. The Morgan fingerprint density at radius 3 is 2.95 bits per heavy atom. The van der Waals surface area contributed by atoms with Gasteiger partial charge in [0.1, 0.15) is 5.82 Å². The SMILES string of the molecule is CCCn1c(CC2=CCC(N)CC2)nc2ccccc21. The van der Waals surface area contributed by atoms with Crippen LogP contribution in [0.25, 0.3) is 11.0 Å². The summed E-state index contributed by atoms with van der Waals surface area (Å²) in [4.78, 5) is 4.84. The van der Waals surface area contributed by atoms with E-state index in [1.54, 1.807) is 0 Å². The van der Waals surface area contributed by atoms with Crippen LogP contribution in [0.3, 0.4) is 0 Å². The van der Waals surface area contributed by atoms with Crippen molar-refractivity contribution in [1.82, 2.24) is 9.55 Å². The lowest BCUT2D eigenvalue weighted by atomic mass is 9.94. The highest BCUT2D eigenvalue weighted by Gasteiger charge is 2.15. The van der Waals surface area contributed by atoms with E-state index in [0.29, 0.717) is 6.04 Å². The predicted octanol–water partition coefficient (Wildman–Crippen LogP) is 3.43. The number of hydrogen-bond donors (Lipinski definition) is 1. The Bertz CT molecular complexity index is 624. The summed E-state index contributed by atoms with van der Waals surface area (Å²) >= 11 is 0. The molecule has 2 N–H and O–H groups in total. The second-order valence-corrected chi connectivity index (χ2v) is 5.74. The van der Waals surface area contributed by atoms with Crippen LogP contribution in [0.1, 0.15) is 38.4 Å². The van der Waals surface area contributed by atoms with Gasteiger partial charge in [0.2, 0.25) is 0 Å². The highest BCUT2D eigenvalue weighted by atomic mass is 15.1. The Kier molecular flexibility index (Phi) is 3.88. The van der Waals surface area contributed by atoms with Crippen molar-refractivity contribution < 1.29 is 0 Å². The normalized spacial score (nSPS) is 19.3. The molecule has 1 aliphatic carbocycles. The number of rotatable bonds is 4. The molecule has 0 radical (unpaired) electrons. The zero-order chi connectivity index (χ0) is 13.9. The van der Waals surface area contributed by atoms with Crippen molar-refractivity contribution in [2.45, 2.75) is 51.6 Å². The second-order valence-electron chi connectivity index (χ2n) is 5.74. The van der Waals surface area contributed by atoms with Gasteiger partial charge >= 0.3 is 0 Å². The number of nitrogens with two attached hydrogens (primary N) is 1. The van der Waals surface area contributed by atoms with E-state index < -0.39 is 0 Å². The molecule has 20 heavy (non-hydrogen) atoms. The first kappa shape index (κ1) is 13.4. The molecule has 1 aromatic carbocycles. The van der Waals surface area contributed by atoms with Crippen molar-refractivity contribution >= 4 is 11.0 Å². The standard InChI is InChI=1S/C17H23N3/c1-2-11-20-16-6-4-3-5-15(16)19-17(20)12-13-7-9-14(18)10-8-13/h3-7,14H,2,8-12,18H2,1H3. The number of nitrogens with zero attached hydrogens (tertiary/aromatic N) is 2. The largest absolute Gasteiger partial charge is 0.328 e. The third-order valence-electron chi connectivity index (χ3n) is 4.11. The summed E-state index contributed by atoms with van der Waals surface area (Å²) in [6, 6.07) is 8.80. The van der Waals surface area contributed by atoms with Crippen LogP contribution in [0, 0.1) is 0 Å². The highest BCUT2D eigenvalue weighted by molar-refractivity contribution is 5.76. The zero-order valence-electron chi connectivity index (χ0n) is 12.2. The molecule has 0 amide bonds. The van der Waals surface area contributed by atoms with Crippen molar-refractivity contribution in [1.29, 1.82) is 0 Å². The molecule has 3 heteroatoms. The van der Waals surface area contributed by atoms with Crippen molar-refractivity contribution in [2.24, 2.45) is 5.73 Å². The Morgan fingerprint density at radius 1 is 1.35 bits per heavy atom. The number of aryl methyl sites for hydroxylation is 1. The summed E-state index contributed by atoms with van der Waals surface area (Å²) in [6.07, 6.45) is 7.68. The number of benzene rings is 1. The van der Waals surface area contributed by atoms with Gasteiger partial charge in [-0.15, -0.1) is 0 Å². The maximum Gasteiger partial charge on any atom is 0.113 e. The molecule has 1 aromatic heterocycles. The molecular formula is C17H23N3. The average molecular weight is 269 g/mol. The molecular weight excluding hydrogens is 246 g/mol. The molecule has 0 saturated carbocycles. The second kappa shape index (κ2) is 5.80. The lowest BCUT2D eigenvalue weighted by Crippen LogP contribution is -2.22. The Hall–Kier alpha value is -1.61. The Labute approximate surface area is 120 Å². The Balaban J connectivity index is 1.92. The first-order valence-electron chi connectivity index (χ1n) is 7.65. The molecule has 1 unspecified atom stereocenters. The van der Waals surface area contributed by atoms with E-state index in [0.717, 1.165) is 44.2 Å². The summed E-state index contributed by atoms with van der Waals surface area (Å²) in [5.74, 6) is 1.20. The molecule has 0 aliphatic heterocycles. The fraction of sp³-hybridized carbons (Fsp3) is 0.471. The monoisotopic (exact) mass is 269 g/mol. The lowest BCUT2D eigenvalue weighted by Gasteiger charge is -2.18. The van der Waals surface area contributed by atoms with Crippen molar-refractivity contribution in [3.05, 3.63) is 41.7 Å². The molecule has 1 atom stereocenters. The van der Waals surface area contributed by atoms with E-state index in [4.69, 9.17) is 10.7 Å². The topological polar surface area (TPSA) is 43.8 Å². The molecule has 106 valence electrons. The maximum atomic E-state index is 5.96. The van der Waals surface area contributed by atoms with Gasteiger partial charge < -0.3 is 10.3 Å². The van der Waals surface area contributed by atoms with Crippen molar-refractivity contribution in [2.75, 3.05) is 0 Å². The van der Waals surface area contributed by atoms with Gasteiger partial charge in [-0.3, -0.25) is 0 Å². The smallest absolute Gasteiger partial charge is 0.113 e. The highest BCUT2D eigenvalue weighted by Crippen LogP contribution is 2.23. The van der Waals surface area contributed by atoms with E-state index in [9.17, 15) is 0 Å². The van der Waals surface area contributed by atoms with E-state index in [1.165, 1.54) is 16.9 Å². The van der Waals surface area contributed by atoms with Gasteiger partial charge in [-0.1, -0.05) is 30.7 Å². The van der Waals surface area contributed by atoms with Gasteiger partial charge in [0, 0.05) is 19.0 Å². The van der Waals surface area contributed by atoms with Crippen LogP contribution in [0.5, 0.6) is 0 Å². The van der Waals surface area contributed by atoms with Crippen LogP contribution in [-0.4, -0.2) is 15.6 Å². The Morgan fingerprint density at radius 2 is 2.20 bits per heavy atom. The third kappa shape index (κ3) is 2.63. The van der Waals surface area contributed by atoms with Crippen LogP contribution in [0.4, 0.5) is 0 Å². The van der Waals surface area contributed by atoms with Crippen LogP contribution in [0.2, 0.25) is 0 Å². The van der Waals surface area contributed by atoms with Crippen molar-refractivity contribution in [3.63, 3.8) is 0 Å². The van der Waals surface area contributed by atoms with Gasteiger partial charge in [0.25, 0.3) is 0 Å². The number of aromatic nitrogens is 2. The van der Waals surface area contributed by atoms with Crippen LogP contribution in [-0.2, 0) is 13.0 Å². The zero-order valence-corrected chi connectivity index (χ0v) is 12.2. The van der Waals surface area contributed by atoms with Gasteiger partial charge in [-0.25, -0.2) is 4.98 Å². The minimum absolute atomic E-state index is 0.355. The van der Waals surface area contributed by atoms with Crippen LogP contribution >= 0.6 is 0 Å². The van der Waals surface area contributed by atoms with Gasteiger partial charge in [-0.05, 0) is 37.8 Å². The fourth-order valence-electron chi connectivity index (χ4n) is 3.01. The number of allylic oxidation sites excluding steroid dienone is 1. The summed E-state index contributed by atoms with van der Waals surface area (Å²) in [5.41, 5.74) is 9.84. The van der Waals surface area contributed by atoms with E-state index in [2.05, 4.69) is 41.8 Å². The molecule has 2 aromatic rings. The maximum absolute atomic E-state index is 5.96. The summed E-state index contributed by atoms with van der Waals surface area (Å²) in [7, 11) is 0. The number of imidazole rings is 1. The molecule has 0 saturated heterocycles. The minimum atomic E-state index is 0.355. The van der Waals surface area contributed by atoms with Gasteiger partial charge in [-0.2, -0.15) is 0 Å². The third-order valence-corrected chi connectivity index (χ3v) is 4.11. The molecule has 0 fully saturated rings. The molecule has 3 nitrogen and oxygen atoms in total. The molecule has 1 aliphatic rings. The number of hydrogen-bond acceptors (Lipinski definition) is 2. The molecule has 3 rings (SSSR count). The fourth-order valence-corrected chi connectivity index (χ4v) is 3.01. The van der Waals surface area contributed by atoms with E-state index >= 15 is 0 Å². The van der Waals surface area contributed by atoms with Crippen LogP contribution < -0.4 is 5.73 Å². The van der Waals surface area contributed by atoms with Crippen molar-refractivity contribution in [3.8, 4) is 0 Å². The summed E-state index contributed by atoms with van der Waals surface area (Å²) < 4.78 is 2.38. The molecule has 0 bridgehead atoms. The van der Waals surface area contributed by atoms with E-state index in [1.807, 2.05) is 0 Å². The van der Waals surface area contributed by atoms with Gasteiger partial charge in [0.05, 0.1) is 11.0 Å². The number of para-hydroxylation sites is 2. The quantitative estimate of drug-likeness (QED) is 0.864. The van der Waals surface area contributed by atoms with Gasteiger partial charge in [0.15, 0.2) is 0 Å². The minimum Gasteiger partial charge on any atom is -0.328 e. The average Bonchev–Trinajstić information content (AvgIpc) is 2.80. The molecule has 0 spiro atoms. The van der Waals surface area contributed by atoms with Crippen LogP contribution in [0.15, 0.2) is 35.9 Å². The summed E-state index contributed by atoms with van der Waals surface area (Å²) in [5, 5.41) is 0. The number of fused-ring (bicyclic) bond motifs is 1. The first-order valence-corrected chi connectivity index (χ1v) is 7.65. The summed E-state index contributed by atoms with van der Waals surface area (Å²) in [6.45, 7) is 3.26. The first-order chi connectivity index (χ1) is 9.78. The molecule has 1 heterocycles. The van der Waals surface area contributed by atoms with E-state index in [-0.39, 0.29) is 0 Å². The predicted molar refractivity (Wildman–Crippen MR) is 83.6 cm³/mol.